The van der Waals surface area contributed by atoms with Gasteiger partial charge in [0.2, 0.25) is 8.53 Å². The molecule has 1 aromatic heterocycles. The van der Waals surface area contributed by atoms with Crippen molar-refractivity contribution in [1.82, 2.24) is 9.97 Å². The maximum atomic E-state index is 11.4. The Morgan fingerprint density at radius 3 is 2.17 bits per heavy atom. The normalized spacial score (nSPS) is 9.88. The van der Waals surface area contributed by atoms with Crippen LogP contribution in [0.25, 0.3) is 0 Å². The molecule has 0 saturated heterocycles. The lowest BCUT2D eigenvalue weighted by Gasteiger charge is -1.99. The van der Waals surface area contributed by atoms with Crippen molar-refractivity contribution in [2.45, 2.75) is 64.7 Å². The highest BCUT2D eigenvalue weighted by Crippen LogP contribution is 2.09. The van der Waals surface area contributed by atoms with Gasteiger partial charge in [-0.05, 0) is 6.42 Å². The van der Waals surface area contributed by atoms with Crippen LogP contribution in [0.1, 0.15) is 70.3 Å². The van der Waals surface area contributed by atoms with Crippen molar-refractivity contribution >= 4 is 8.53 Å². The van der Waals surface area contributed by atoms with E-state index in [-0.39, 0.29) is 0 Å². The van der Waals surface area contributed by atoms with E-state index in [9.17, 15) is 9.59 Å². The average molecular weight is 357 g/mol. The molecule has 1 aromatic rings. The van der Waals surface area contributed by atoms with E-state index >= 15 is 0 Å². The summed E-state index contributed by atoms with van der Waals surface area (Å²) in [4.78, 5) is 41.7. The van der Waals surface area contributed by atoms with Crippen LogP contribution in [0.2, 0.25) is 0 Å². The van der Waals surface area contributed by atoms with Gasteiger partial charge < -0.3 is 14.8 Å². The SMILES string of the molecule is CCCCCCCCCCC#Cc1c[nH]c(=O)[nH]c1=O.NP(O)O. The van der Waals surface area contributed by atoms with Crippen molar-refractivity contribution < 1.29 is 9.79 Å². The van der Waals surface area contributed by atoms with Crippen molar-refractivity contribution in [3.8, 4) is 11.8 Å². The Morgan fingerprint density at radius 2 is 1.62 bits per heavy atom. The molecular formula is C16H28N3O4P. The van der Waals surface area contributed by atoms with Crippen LogP contribution >= 0.6 is 8.53 Å². The molecule has 0 saturated carbocycles. The third-order valence-corrected chi connectivity index (χ3v) is 3.20. The maximum absolute atomic E-state index is 11.4. The number of aromatic nitrogens is 2. The highest BCUT2D eigenvalue weighted by molar-refractivity contribution is 7.42. The Kier molecular flexibility index (Phi) is 14.2. The molecule has 7 nitrogen and oxygen atoms in total. The fourth-order valence-electron chi connectivity index (χ4n) is 2.01. The van der Waals surface area contributed by atoms with Crippen LogP contribution in [0, 0.1) is 11.8 Å². The van der Waals surface area contributed by atoms with Gasteiger partial charge in [0.1, 0.15) is 5.56 Å². The largest absolute Gasteiger partial charge is 0.338 e. The second-order valence-corrected chi connectivity index (χ2v) is 5.97. The van der Waals surface area contributed by atoms with Crippen LogP contribution in [0.5, 0.6) is 0 Å². The predicted octanol–water partition coefficient (Wildman–Crippen LogP) is 2.10. The Bertz CT molecular complexity index is 599. The minimum atomic E-state index is -2.12. The van der Waals surface area contributed by atoms with Gasteiger partial charge in [-0.1, -0.05) is 63.7 Å². The molecule has 24 heavy (non-hydrogen) atoms. The predicted molar refractivity (Wildman–Crippen MR) is 97.3 cm³/mol. The standard InChI is InChI=1S/C16H24N2O2.H4NO2P/c1-2-3-4-5-6-7-8-9-10-11-12-14-13-17-16(20)18-15(14)19;1-4(2)3/h13H,2-10H2,1H3,(H2,17,18,19,20);2-3H,1H2. The average Bonchev–Trinajstić information content (AvgIpc) is 2.50. The van der Waals surface area contributed by atoms with E-state index in [2.05, 4.69) is 34.2 Å². The van der Waals surface area contributed by atoms with E-state index in [1.165, 1.54) is 51.1 Å². The fraction of sp³-hybridized carbons (Fsp3) is 0.625. The second kappa shape index (κ2) is 15.1. The first-order chi connectivity index (χ1) is 11.5. The van der Waals surface area contributed by atoms with Crippen molar-refractivity contribution in [3.63, 3.8) is 0 Å². The summed E-state index contributed by atoms with van der Waals surface area (Å²) in [5.41, 5.74) is 3.69. The molecule has 0 radical (unpaired) electrons. The molecule has 0 unspecified atom stereocenters. The number of hydrogen-bond donors (Lipinski definition) is 5. The quantitative estimate of drug-likeness (QED) is 0.276. The van der Waals surface area contributed by atoms with Gasteiger partial charge >= 0.3 is 5.69 Å². The fourth-order valence-corrected chi connectivity index (χ4v) is 2.01. The van der Waals surface area contributed by atoms with Gasteiger partial charge in [-0.3, -0.25) is 15.3 Å². The smallest absolute Gasteiger partial charge is 0.325 e. The zero-order valence-corrected chi connectivity index (χ0v) is 15.1. The number of nitrogens with one attached hydrogen (secondary N) is 2. The van der Waals surface area contributed by atoms with E-state index in [1.807, 2.05) is 0 Å². The molecule has 0 aromatic carbocycles. The molecule has 136 valence electrons. The molecule has 0 fully saturated rings. The molecule has 0 amide bonds. The molecule has 0 aliphatic rings. The number of aromatic amines is 2. The van der Waals surface area contributed by atoms with Crippen molar-refractivity contribution in [1.29, 1.82) is 0 Å². The zero-order chi connectivity index (χ0) is 18.2. The summed E-state index contributed by atoms with van der Waals surface area (Å²) in [6.07, 6.45) is 12.3. The van der Waals surface area contributed by atoms with Gasteiger partial charge in [-0.2, -0.15) is 0 Å². The van der Waals surface area contributed by atoms with Crippen molar-refractivity contribution in [2.24, 2.45) is 5.50 Å². The number of nitrogens with two attached hydrogens (primary N) is 1. The van der Waals surface area contributed by atoms with Gasteiger partial charge in [-0.25, -0.2) is 4.79 Å². The van der Waals surface area contributed by atoms with Crippen LogP contribution < -0.4 is 16.8 Å². The third kappa shape index (κ3) is 14.2. The number of rotatable bonds is 8. The van der Waals surface area contributed by atoms with Crippen LogP contribution in [0.15, 0.2) is 15.8 Å². The highest BCUT2D eigenvalue weighted by Gasteiger charge is 1.94. The van der Waals surface area contributed by atoms with E-state index < -0.39 is 19.8 Å². The maximum Gasteiger partial charge on any atom is 0.325 e. The van der Waals surface area contributed by atoms with E-state index in [1.54, 1.807) is 0 Å². The van der Waals surface area contributed by atoms with Gasteiger partial charge in [0, 0.05) is 12.6 Å². The molecule has 6 N–H and O–H groups in total. The van der Waals surface area contributed by atoms with Gasteiger partial charge in [0.05, 0.1) is 0 Å². The summed E-state index contributed by atoms with van der Waals surface area (Å²) in [7, 11) is -2.12. The van der Waals surface area contributed by atoms with Crippen LogP contribution in [-0.2, 0) is 0 Å². The molecule has 8 heteroatoms. The number of H-pyrrole nitrogens is 2. The first-order valence-electron chi connectivity index (χ1n) is 8.20. The third-order valence-electron chi connectivity index (χ3n) is 3.20. The molecule has 0 atom stereocenters. The minimum Gasteiger partial charge on any atom is -0.338 e. The Labute approximate surface area is 143 Å². The summed E-state index contributed by atoms with van der Waals surface area (Å²) in [5.74, 6) is 5.78. The monoisotopic (exact) mass is 357 g/mol. The summed E-state index contributed by atoms with van der Waals surface area (Å²) in [6, 6.07) is 0. The van der Waals surface area contributed by atoms with Crippen molar-refractivity contribution in [2.75, 3.05) is 0 Å². The molecular weight excluding hydrogens is 329 g/mol. The highest BCUT2D eigenvalue weighted by atomic mass is 31.2. The lowest BCUT2D eigenvalue weighted by Crippen LogP contribution is -2.23. The van der Waals surface area contributed by atoms with Gasteiger partial charge in [0.25, 0.3) is 5.56 Å². The molecule has 0 aliphatic heterocycles. The first-order valence-corrected chi connectivity index (χ1v) is 9.52. The first kappa shape index (κ1) is 22.6. The van der Waals surface area contributed by atoms with Crippen LogP contribution in [0.3, 0.4) is 0 Å². The van der Waals surface area contributed by atoms with E-state index in [4.69, 9.17) is 9.79 Å². The molecule has 0 spiro atoms. The lowest BCUT2D eigenvalue weighted by atomic mass is 10.1. The lowest BCUT2D eigenvalue weighted by molar-refractivity contribution is 0.485. The minimum absolute atomic E-state index is 0.323. The summed E-state index contributed by atoms with van der Waals surface area (Å²) >= 11 is 0. The second-order valence-electron chi connectivity index (χ2n) is 5.33. The topological polar surface area (TPSA) is 132 Å². The summed E-state index contributed by atoms with van der Waals surface area (Å²) < 4.78 is 0. The van der Waals surface area contributed by atoms with Gasteiger partial charge in [0.15, 0.2) is 0 Å². The van der Waals surface area contributed by atoms with Crippen LogP contribution in [0.4, 0.5) is 0 Å². The zero-order valence-electron chi connectivity index (χ0n) is 14.2. The van der Waals surface area contributed by atoms with E-state index in [0.717, 1.165) is 12.8 Å². The van der Waals surface area contributed by atoms with Crippen molar-refractivity contribution in [3.05, 3.63) is 32.6 Å². The molecule has 0 bridgehead atoms. The Hall–Kier alpha value is -1.45. The van der Waals surface area contributed by atoms with Crippen LogP contribution in [-0.4, -0.2) is 19.8 Å². The summed E-state index contributed by atoms with van der Waals surface area (Å²) in [5, 5.41) is 0. The van der Waals surface area contributed by atoms with E-state index in [0.29, 0.717) is 5.56 Å². The Morgan fingerprint density at radius 1 is 1.08 bits per heavy atom. The summed E-state index contributed by atoms with van der Waals surface area (Å²) in [6.45, 7) is 2.23. The molecule has 0 aliphatic carbocycles. The molecule has 1 rings (SSSR count). The number of unbranched alkanes of at least 4 members (excludes halogenated alkanes) is 8. The number of hydrogen-bond acceptors (Lipinski definition) is 5. The Balaban J connectivity index is 0.00000118. The molecule has 1 heterocycles. The van der Waals surface area contributed by atoms with Gasteiger partial charge in [-0.15, -0.1) is 0 Å².